The van der Waals surface area contributed by atoms with E-state index in [1.54, 1.807) is 53.4 Å². The molecule has 0 spiro atoms. The van der Waals surface area contributed by atoms with E-state index in [0.29, 0.717) is 64.2 Å². The van der Waals surface area contributed by atoms with Gasteiger partial charge in [0.15, 0.2) is 0 Å². The number of hydrogen-bond donors (Lipinski definition) is 4. The van der Waals surface area contributed by atoms with Crippen LogP contribution in [0, 0.1) is 0 Å². The van der Waals surface area contributed by atoms with Crippen molar-refractivity contribution >= 4 is 45.7 Å². The fourth-order valence-corrected chi connectivity index (χ4v) is 8.88. The Hall–Kier alpha value is -4.53. The van der Waals surface area contributed by atoms with E-state index in [2.05, 4.69) is 62.0 Å². The molecule has 14 nitrogen and oxygen atoms in total. The summed E-state index contributed by atoms with van der Waals surface area (Å²) < 4.78 is 51.1. The minimum absolute atomic E-state index is 0.133. The summed E-state index contributed by atoms with van der Waals surface area (Å²) in [7, 11) is -2.20. The summed E-state index contributed by atoms with van der Waals surface area (Å²) in [5.41, 5.74) is 5.89. The van der Waals surface area contributed by atoms with E-state index in [9.17, 15) is 16.8 Å². The Morgan fingerprint density at radius 2 is 0.828 bits per heavy atom. The summed E-state index contributed by atoms with van der Waals surface area (Å²) in [6.07, 6.45) is 7.12. The molecule has 6 rings (SSSR count). The molecule has 0 amide bonds. The number of nitrogens with one attached hydrogen (secondary N) is 4. The number of nitrogens with zero attached hydrogens (tertiary/aromatic N) is 6. The highest BCUT2D eigenvalue weighted by Gasteiger charge is 2.24. The van der Waals surface area contributed by atoms with Crippen LogP contribution in [0.25, 0.3) is 0 Å². The van der Waals surface area contributed by atoms with Crippen molar-refractivity contribution < 1.29 is 16.8 Å². The van der Waals surface area contributed by atoms with Crippen LogP contribution < -0.4 is 21.3 Å². The van der Waals surface area contributed by atoms with E-state index in [4.69, 9.17) is 10.7 Å². The van der Waals surface area contributed by atoms with Crippen molar-refractivity contribution in [1.29, 1.82) is 0 Å². The number of benzene rings is 2. The highest BCUT2D eigenvalue weighted by atomic mass is 79.9. The lowest BCUT2D eigenvalue weighted by atomic mass is 10.2. The maximum Gasteiger partial charge on any atom is 0.261 e. The van der Waals surface area contributed by atoms with Crippen molar-refractivity contribution in [3.05, 3.63) is 180 Å². The molecule has 0 aliphatic rings. The quantitative estimate of drug-likeness (QED) is 0.0295. The SMILES string of the molecule is O=S(=O)(Cl)c1ccc(CBr)cc1.O=S(=O)(c1ccc(CN(CCNCc2ccccn2)CCNCc2ccccn2)cc1)N(CCNCc1ccccn1)CCNCc1ccccn1. The van der Waals surface area contributed by atoms with Crippen molar-refractivity contribution in [3.63, 3.8) is 0 Å². The van der Waals surface area contributed by atoms with Crippen LogP contribution in [-0.2, 0) is 57.1 Å². The Morgan fingerprint density at radius 1 is 0.469 bits per heavy atom. The normalized spacial score (nSPS) is 11.7. The molecule has 6 aromatic rings. The fraction of sp³-hybridized carbons (Fsp3) is 0.304. The van der Waals surface area contributed by atoms with E-state index in [0.717, 1.165) is 60.1 Å². The van der Waals surface area contributed by atoms with Gasteiger partial charge in [-0.2, -0.15) is 4.31 Å². The Bertz CT molecular complexity index is 2320. The van der Waals surface area contributed by atoms with Crippen LogP contribution >= 0.6 is 26.6 Å². The van der Waals surface area contributed by atoms with E-state index >= 15 is 0 Å². The van der Waals surface area contributed by atoms with Crippen molar-refractivity contribution in [2.75, 3.05) is 52.4 Å². The molecule has 4 aromatic heterocycles. The highest BCUT2D eigenvalue weighted by molar-refractivity contribution is 9.08. The van der Waals surface area contributed by atoms with Gasteiger partial charge in [-0.15, -0.1) is 0 Å². The van der Waals surface area contributed by atoms with Gasteiger partial charge >= 0.3 is 0 Å². The summed E-state index contributed by atoms with van der Waals surface area (Å²) in [6.45, 7) is 8.09. The largest absolute Gasteiger partial charge is 0.310 e. The standard InChI is InChI=1S/C39H50N10O2S.C7H6BrClO2S/c50-52(51,49(27-23-42-31-37-11-3-7-19-46-37)28-24-43-32-38-12-4-8-20-47-38)39-15-13-34(14-16-39)33-48(25-21-40-29-35-9-1-5-17-44-35)26-22-41-30-36-10-2-6-18-45-36;8-5-6-1-3-7(4-2-6)12(9,10)11/h1-20,40-43H,21-33H2;1-4H,5H2. The van der Waals surface area contributed by atoms with Crippen LogP contribution in [0.5, 0.6) is 0 Å². The Labute approximate surface area is 390 Å². The Balaban J connectivity index is 0.000000555. The number of sulfonamides is 1. The number of rotatable bonds is 26. The predicted molar refractivity (Wildman–Crippen MR) is 256 cm³/mol. The fourth-order valence-electron chi connectivity index (χ4n) is 6.30. The zero-order valence-corrected chi connectivity index (χ0v) is 39.6. The first-order valence-corrected chi connectivity index (χ1v) is 25.8. The minimum Gasteiger partial charge on any atom is -0.310 e. The topological polar surface area (TPSA) is 174 Å². The van der Waals surface area contributed by atoms with Gasteiger partial charge in [-0.1, -0.05) is 64.5 Å². The van der Waals surface area contributed by atoms with E-state index < -0.39 is 19.1 Å². The first-order valence-electron chi connectivity index (χ1n) is 20.9. The molecular weight excluding hydrogens is 936 g/mol. The van der Waals surface area contributed by atoms with Crippen molar-refractivity contribution in [2.45, 2.75) is 47.8 Å². The van der Waals surface area contributed by atoms with Gasteiger partial charge < -0.3 is 21.3 Å². The molecular formula is C46H56BrClN10O4S2. The zero-order valence-electron chi connectivity index (χ0n) is 35.6. The molecule has 18 heteroatoms. The highest BCUT2D eigenvalue weighted by Crippen LogP contribution is 2.18. The van der Waals surface area contributed by atoms with E-state index in [1.165, 1.54) is 12.1 Å². The Kier molecular flexibility index (Phi) is 21.9. The molecule has 0 atom stereocenters. The zero-order chi connectivity index (χ0) is 45.3. The van der Waals surface area contributed by atoms with E-state index in [-0.39, 0.29) is 9.79 Å². The van der Waals surface area contributed by atoms with Crippen LogP contribution in [0.1, 0.15) is 33.9 Å². The second kappa shape index (κ2) is 27.7. The lowest BCUT2D eigenvalue weighted by Crippen LogP contribution is -2.40. The van der Waals surface area contributed by atoms with Crippen LogP contribution in [0.2, 0.25) is 0 Å². The van der Waals surface area contributed by atoms with Crippen LogP contribution in [0.4, 0.5) is 0 Å². The second-order valence-corrected chi connectivity index (χ2v) is 19.6. The number of aromatic nitrogens is 4. The number of alkyl halides is 1. The van der Waals surface area contributed by atoms with Crippen molar-refractivity contribution in [2.24, 2.45) is 0 Å². The first-order chi connectivity index (χ1) is 31.1. The minimum atomic E-state index is -3.75. The third-order valence-electron chi connectivity index (χ3n) is 9.74. The van der Waals surface area contributed by atoms with Crippen molar-refractivity contribution in [3.8, 4) is 0 Å². The monoisotopic (exact) mass is 990 g/mol. The van der Waals surface area contributed by atoms with Gasteiger partial charge in [0, 0.05) is 126 Å². The lowest BCUT2D eigenvalue weighted by molar-refractivity contribution is 0.263. The van der Waals surface area contributed by atoms with Gasteiger partial charge in [-0.05, 0) is 83.9 Å². The second-order valence-electron chi connectivity index (χ2n) is 14.5. The molecule has 0 saturated heterocycles. The number of halogens is 2. The molecule has 4 heterocycles. The molecule has 0 radical (unpaired) electrons. The average molecular weight is 993 g/mol. The predicted octanol–water partition coefficient (Wildman–Crippen LogP) is 5.73. The molecule has 0 bridgehead atoms. The van der Waals surface area contributed by atoms with Crippen LogP contribution in [0.3, 0.4) is 0 Å². The molecule has 64 heavy (non-hydrogen) atoms. The average Bonchev–Trinajstić information content (AvgIpc) is 3.32. The summed E-state index contributed by atoms with van der Waals surface area (Å²) >= 11 is 3.25. The maximum absolute atomic E-state index is 14.0. The molecule has 0 unspecified atom stereocenters. The molecule has 0 aliphatic heterocycles. The van der Waals surface area contributed by atoms with Gasteiger partial charge in [0.05, 0.1) is 32.6 Å². The molecule has 4 N–H and O–H groups in total. The third-order valence-corrected chi connectivity index (χ3v) is 13.7. The lowest BCUT2D eigenvalue weighted by Gasteiger charge is -2.24. The third kappa shape index (κ3) is 18.5. The summed E-state index contributed by atoms with van der Waals surface area (Å²) in [4.78, 5) is 20.3. The summed E-state index contributed by atoms with van der Waals surface area (Å²) in [6, 6.07) is 37.1. The van der Waals surface area contributed by atoms with Gasteiger partial charge in [-0.3, -0.25) is 24.8 Å². The molecule has 0 saturated carbocycles. The van der Waals surface area contributed by atoms with Gasteiger partial charge in [0.25, 0.3) is 9.05 Å². The van der Waals surface area contributed by atoms with Crippen LogP contribution in [-0.4, -0.2) is 98.3 Å². The van der Waals surface area contributed by atoms with Gasteiger partial charge in [0.1, 0.15) is 0 Å². The molecule has 2 aromatic carbocycles. The van der Waals surface area contributed by atoms with E-state index in [1.807, 2.05) is 84.9 Å². The first kappa shape index (κ1) is 50.5. The van der Waals surface area contributed by atoms with Gasteiger partial charge in [-0.25, -0.2) is 16.8 Å². The number of pyridine rings is 4. The molecule has 340 valence electrons. The molecule has 0 fully saturated rings. The summed E-state index contributed by atoms with van der Waals surface area (Å²) in [5.74, 6) is 0. The maximum atomic E-state index is 14.0. The molecule has 0 aliphatic carbocycles. The van der Waals surface area contributed by atoms with Gasteiger partial charge in [0.2, 0.25) is 10.0 Å². The van der Waals surface area contributed by atoms with Crippen LogP contribution in [0.15, 0.2) is 156 Å². The smallest absolute Gasteiger partial charge is 0.261 e. The van der Waals surface area contributed by atoms with Crippen molar-refractivity contribution in [1.82, 2.24) is 50.4 Å². The Morgan fingerprint density at radius 3 is 1.17 bits per heavy atom. The number of hydrogen-bond acceptors (Lipinski definition) is 13. The summed E-state index contributed by atoms with van der Waals surface area (Å²) in [5, 5.41) is 14.4.